The molecule has 3 amide bonds. The fourth-order valence-electron chi connectivity index (χ4n) is 4.13. The monoisotopic (exact) mass is 430 g/mol. The normalized spacial score (nSPS) is 18.3. The number of piperidine rings is 1. The van der Waals surface area contributed by atoms with Crippen molar-refractivity contribution in [2.75, 3.05) is 5.32 Å². The van der Waals surface area contributed by atoms with Crippen LogP contribution in [0.5, 0.6) is 0 Å². The minimum atomic E-state index is -0.699. The Bertz CT molecular complexity index is 1120. The van der Waals surface area contributed by atoms with Gasteiger partial charge in [0.25, 0.3) is 0 Å². The van der Waals surface area contributed by atoms with Crippen molar-refractivity contribution >= 4 is 23.4 Å². The molecule has 4 rings (SSSR count). The van der Waals surface area contributed by atoms with E-state index in [0.29, 0.717) is 37.8 Å². The van der Waals surface area contributed by atoms with Crippen LogP contribution in [0.4, 0.5) is 5.69 Å². The number of carbonyl (C=O) groups excluding carboxylic acids is 3. The van der Waals surface area contributed by atoms with Crippen LogP contribution in [0.25, 0.3) is 5.69 Å². The molecule has 1 aromatic heterocycles. The number of aryl methyl sites for hydroxylation is 1. The molecule has 1 unspecified atom stereocenters. The molecule has 0 aliphatic carbocycles. The largest absolute Gasteiger partial charge is 0.326 e. The van der Waals surface area contributed by atoms with Crippen molar-refractivity contribution in [3.05, 3.63) is 78.1 Å². The van der Waals surface area contributed by atoms with Crippen molar-refractivity contribution in [3.63, 3.8) is 0 Å². The highest BCUT2D eigenvalue weighted by molar-refractivity contribution is 6.03. The average molecular weight is 431 g/mol. The van der Waals surface area contributed by atoms with E-state index in [0.717, 1.165) is 16.8 Å². The third kappa shape index (κ3) is 4.46. The van der Waals surface area contributed by atoms with Crippen LogP contribution in [0.3, 0.4) is 0 Å². The number of nitrogens with zero attached hydrogens (tertiary/aromatic N) is 2. The van der Waals surface area contributed by atoms with E-state index in [-0.39, 0.29) is 17.7 Å². The Labute approximate surface area is 186 Å². The number of rotatable bonds is 7. The molecule has 3 aromatic rings. The Balaban J connectivity index is 1.35. The van der Waals surface area contributed by atoms with E-state index in [9.17, 15) is 14.4 Å². The lowest BCUT2D eigenvalue weighted by atomic mass is 9.72. The van der Waals surface area contributed by atoms with Gasteiger partial charge < -0.3 is 5.32 Å². The summed E-state index contributed by atoms with van der Waals surface area (Å²) in [5, 5.41) is 9.72. The van der Waals surface area contributed by atoms with Crippen LogP contribution in [0.1, 0.15) is 43.7 Å². The Hall–Kier alpha value is -3.74. The first-order valence-corrected chi connectivity index (χ1v) is 10.8. The van der Waals surface area contributed by atoms with Crippen LogP contribution < -0.4 is 10.6 Å². The first-order valence-electron chi connectivity index (χ1n) is 10.8. The summed E-state index contributed by atoms with van der Waals surface area (Å²) in [6.07, 6.45) is 6.07. The maximum absolute atomic E-state index is 12.5. The van der Waals surface area contributed by atoms with Crippen molar-refractivity contribution in [1.29, 1.82) is 0 Å². The molecular formula is C25H26N4O3. The number of hydrogen-bond acceptors (Lipinski definition) is 4. The summed E-state index contributed by atoms with van der Waals surface area (Å²) in [4.78, 5) is 36.5. The van der Waals surface area contributed by atoms with Gasteiger partial charge >= 0.3 is 0 Å². The highest BCUT2D eigenvalue weighted by Gasteiger charge is 2.42. The number of aromatic nitrogens is 2. The Morgan fingerprint density at radius 3 is 2.56 bits per heavy atom. The van der Waals surface area contributed by atoms with Gasteiger partial charge in [-0.25, -0.2) is 4.68 Å². The summed E-state index contributed by atoms with van der Waals surface area (Å²) in [6, 6.07) is 17.2. The van der Waals surface area contributed by atoms with Crippen LogP contribution in [-0.2, 0) is 26.2 Å². The van der Waals surface area contributed by atoms with E-state index >= 15 is 0 Å². The summed E-state index contributed by atoms with van der Waals surface area (Å²) in [7, 11) is 0. The standard InChI is InChI=1S/C25H26N4O3/c1-2-25(15-14-23(31)28-24(25)32)19-9-11-20(12-10-19)27-22(30)13-8-18-16-26-29(17-18)21-6-4-3-5-7-21/h3-7,9-12,16-17H,2,8,13-15H2,1H3,(H,27,30)(H,28,31,32). The number of anilines is 1. The van der Waals surface area contributed by atoms with Gasteiger partial charge in [0, 0.05) is 24.7 Å². The fraction of sp³-hybridized carbons (Fsp3) is 0.280. The van der Waals surface area contributed by atoms with Crippen LogP contribution in [0.2, 0.25) is 0 Å². The first kappa shape index (κ1) is 21.5. The molecule has 1 aliphatic heterocycles. The number of amides is 3. The molecule has 0 saturated carbocycles. The minimum Gasteiger partial charge on any atom is -0.326 e. The lowest BCUT2D eigenvalue weighted by Gasteiger charge is -2.35. The van der Waals surface area contributed by atoms with E-state index < -0.39 is 5.41 Å². The van der Waals surface area contributed by atoms with E-state index in [2.05, 4.69) is 15.7 Å². The van der Waals surface area contributed by atoms with Crippen molar-refractivity contribution in [2.45, 2.75) is 44.4 Å². The number of hydrogen-bond donors (Lipinski definition) is 2. The van der Waals surface area contributed by atoms with Gasteiger partial charge in [0.15, 0.2) is 0 Å². The zero-order valence-corrected chi connectivity index (χ0v) is 18.0. The molecule has 2 heterocycles. The number of carbonyl (C=O) groups is 3. The van der Waals surface area contributed by atoms with E-state index in [1.54, 1.807) is 10.9 Å². The van der Waals surface area contributed by atoms with Gasteiger partial charge in [-0.15, -0.1) is 0 Å². The molecule has 2 N–H and O–H groups in total. The lowest BCUT2D eigenvalue weighted by molar-refractivity contribution is -0.138. The van der Waals surface area contributed by atoms with Crippen LogP contribution in [0.15, 0.2) is 67.0 Å². The summed E-state index contributed by atoms with van der Waals surface area (Å²) in [5.74, 6) is -0.558. The molecule has 1 atom stereocenters. The second kappa shape index (κ2) is 9.18. The van der Waals surface area contributed by atoms with Crippen LogP contribution >= 0.6 is 0 Å². The van der Waals surface area contributed by atoms with Gasteiger partial charge in [0.1, 0.15) is 0 Å². The second-order valence-electron chi connectivity index (χ2n) is 8.07. The van der Waals surface area contributed by atoms with Crippen LogP contribution in [0, 0.1) is 0 Å². The lowest BCUT2D eigenvalue weighted by Crippen LogP contribution is -2.51. The molecule has 32 heavy (non-hydrogen) atoms. The molecule has 7 heteroatoms. The molecule has 2 aromatic carbocycles. The molecule has 1 saturated heterocycles. The zero-order valence-electron chi connectivity index (χ0n) is 18.0. The fourth-order valence-corrected chi connectivity index (χ4v) is 4.13. The van der Waals surface area contributed by atoms with Crippen LogP contribution in [-0.4, -0.2) is 27.5 Å². The van der Waals surface area contributed by atoms with Crippen molar-refractivity contribution in [3.8, 4) is 5.69 Å². The first-order chi connectivity index (χ1) is 15.5. The van der Waals surface area contributed by atoms with Crippen molar-refractivity contribution in [2.24, 2.45) is 0 Å². The van der Waals surface area contributed by atoms with Gasteiger partial charge in [0.2, 0.25) is 17.7 Å². The highest BCUT2D eigenvalue weighted by atomic mass is 16.2. The molecule has 164 valence electrons. The molecule has 1 fully saturated rings. The summed E-state index contributed by atoms with van der Waals surface area (Å²) in [6.45, 7) is 1.95. The number of benzene rings is 2. The predicted molar refractivity (Wildman–Crippen MR) is 121 cm³/mol. The topological polar surface area (TPSA) is 93.1 Å². The van der Waals surface area contributed by atoms with Gasteiger partial charge in [-0.3, -0.25) is 19.7 Å². The van der Waals surface area contributed by atoms with Gasteiger partial charge in [0.05, 0.1) is 17.3 Å². The van der Waals surface area contributed by atoms with Gasteiger partial charge in [-0.2, -0.15) is 5.10 Å². The van der Waals surface area contributed by atoms with Crippen molar-refractivity contribution in [1.82, 2.24) is 15.1 Å². The average Bonchev–Trinajstić information content (AvgIpc) is 3.29. The Morgan fingerprint density at radius 2 is 1.88 bits per heavy atom. The summed E-state index contributed by atoms with van der Waals surface area (Å²) in [5.41, 5.74) is 2.80. The maximum Gasteiger partial charge on any atom is 0.237 e. The number of para-hydroxylation sites is 1. The number of nitrogens with one attached hydrogen (secondary N) is 2. The second-order valence-corrected chi connectivity index (χ2v) is 8.07. The molecule has 0 spiro atoms. The molecular weight excluding hydrogens is 404 g/mol. The van der Waals surface area contributed by atoms with Gasteiger partial charge in [-0.05, 0) is 54.7 Å². The minimum absolute atomic E-state index is 0.0866. The predicted octanol–water partition coefficient (Wildman–Crippen LogP) is 3.53. The smallest absolute Gasteiger partial charge is 0.237 e. The quantitative estimate of drug-likeness (QED) is 0.561. The molecule has 0 radical (unpaired) electrons. The Kier molecular flexibility index (Phi) is 6.16. The van der Waals surface area contributed by atoms with E-state index in [1.807, 2.05) is 67.7 Å². The zero-order chi connectivity index (χ0) is 22.6. The number of imide groups is 1. The third-order valence-electron chi connectivity index (χ3n) is 6.09. The van der Waals surface area contributed by atoms with Crippen molar-refractivity contribution < 1.29 is 14.4 Å². The SMILES string of the molecule is CCC1(c2ccc(NC(=O)CCc3cnn(-c4ccccc4)c3)cc2)CCC(=O)NC1=O. The van der Waals surface area contributed by atoms with E-state index in [1.165, 1.54) is 0 Å². The maximum atomic E-state index is 12.5. The molecule has 1 aliphatic rings. The summed E-state index contributed by atoms with van der Waals surface area (Å²) >= 11 is 0. The molecule has 7 nitrogen and oxygen atoms in total. The molecule has 0 bridgehead atoms. The van der Waals surface area contributed by atoms with Gasteiger partial charge in [-0.1, -0.05) is 37.3 Å². The highest BCUT2D eigenvalue weighted by Crippen LogP contribution is 2.36. The van der Waals surface area contributed by atoms with E-state index in [4.69, 9.17) is 0 Å². The Morgan fingerprint density at radius 1 is 1.12 bits per heavy atom. The summed E-state index contributed by atoms with van der Waals surface area (Å²) < 4.78 is 1.80. The third-order valence-corrected chi connectivity index (χ3v) is 6.09.